The molecule has 0 saturated heterocycles. The van der Waals surface area contributed by atoms with Crippen LogP contribution in [0, 0.1) is 3.57 Å². The first-order valence-electron chi connectivity index (χ1n) is 7.69. The van der Waals surface area contributed by atoms with E-state index < -0.39 is 0 Å². The minimum Gasteiger partial charge on any atom is -0.392 e. The predicted molar refractivity (Wildman–Crippen MR) is 95.5 cm³/mol. The van der Waals surface area contributed by atoms with Crippen molar-refractivity contribution >= 4 is 22.6 Å². The fourth-order valence-corrected chi connectivity index (χ4v) is 3.99. The van der Waals surface area contributed by atoms with E-state index >= 15 is 0 Å². The molecule has 0 heterocycles. The summed E-state index contributed by atoms with van der Waals surface area (Å²) in [5.74, 6) is 0. The molecular weight excluding hydrogens is 371 g/mol. The number of aliphatic hydroxyl groups is 1. The van der Waals surface area contributed by atoms with E-state index in [0.717, 1.165) is 19.3 Å². The number of halogens is 1. The van der Waals surface area contributed by atoms with Crippen molar-refractivity contribution in [2.45, 2.75) is 43.6 Å². The molecule has 2 aromatic carbocycles. The van der Waals surface area contributed by atoms with Crippen molar-refractivity contribution in [1.29, 1.82) is 0 Å². The van der Waals surface area contributed by atoms with Crippen LogP contribution in [0.5, 0.6) is 0 Å². The molecule has 0 aromatic heterocycles. The van der Waals surface area contributed by atoms with Crippen molar-refractivity contribution in [3.63, 3.8) is 0 Å². The summed E-state index contributed by atoms with van der Waals surface area (Å²) in [6.07, 6.45) is 5.08. The Labute approximate surface area is 140 Å². The second-order valence-corrected chi connectivity index (χ2v) is 7.32. The minimum absolute atomic E-state index is 0.0513. The third-order valence-electron chi connectivity index (χ3n) is 4.82. The van der Waals surface area contributed by atoms with Gasteiger partial charge in [0.15, 0.2) is 0 Å². The van der Waals surface area contributed by atoms with E-state index in [0.29, 0.717) is 0 Å². The lowest BCUT2D eigenvalue weighted by molar-refractivity contribution is 0.0825. The molecule has 1 nitrogen and oxygen atoms in total. The molecule has 2 aromatic rings. The summed E-state index contributed by atoms with van der Waals surface area (Å²) in [5.41, 5.74) is 2.48. The molecule has 1 aliphatic rings. The van der Waals surface area contributed by atoms with E-state index in [9.17, 15) is 5.11 Å². The Balaban J connectivity index is 1.85. The first kappa shape index (κ1) is 15.0. The van der Waals surface area contributed by atoms with E-state index in [-0.39, 0.29) is 11.5 Å². The molecule has 1 aliphatic carbocycles. The molecule has 1 saturated carbocycles. The van der Waals surface area contributed by atoms with Gasteiger partial charge >= 0.3 is 0 Å². The summed E-state index contributed by atoms with van der Waals surface area (Å²) < 4.78 is 1.24. The molecular formula is C19H21IO. The van der Waals surface area contributed by atoms with E-state index in [2.05, 4.69) is 77.2 Å². The average molecular weight is 392 g/mol. The fourth-order valence-electron chi connectivity index (χ4n) is 3.63. The standard InChI is InChI=1S/C19H21IO/c20-17-10-8-15(9-11-17)14-18(21)19(12-4-5-13-19)16-6-2-1-3-7-16/h1-3,6-11,18,21H,4-5,12-14H2. The van der Waals surface area contributed by atoms with Crippen LogP contribution in [0.25, 0.3) is 0 Å². The van der Waals surface area contributed by atoms with Crippen LogP contribution in [0.3, 0.4) is 0 Å². The van der Waals surface area contributed by atoms with E-state index in [1.807, 2.05) is 0 Å². The number of hydrogen-bond donors (Lipinski definition) is 1. The molecule has 0 amide bonds. The quantitative estimate of drug-likeness (QED) is 0.748. The topological polar surface area (TPSA) is 20.2 Å². The summed E-state index contributed by atoms with van der Waals surface area (Å²) in [6.45, 7) is 0. The van der Waals surface area contributed by atoms with Gasteiger partial charge in [0, 0.05) is 8.99 Å². The highest BCUT2D eigenvalue weighted by atomic mass is 127. The Morgan fingerprint density at radius 1 is 0.952 bits per heavy atom. The number of aliphatic hydroxyl groups excluding tert-OH is 1. The maximum Gasteiger partial charge on any atom is 0.0677 e. The van der Waals surface area contributed by atoms with Crippen molar-refractivity contribution in [2.24, 2.45) is 0 Å². The third-order valence-corrected chi connectivity index (χ3v) is 5.54. The Morgan fingerprint density at radius 3 is 2.19 bits per heavy atom. The summed E-state index contributed by atoms with van der Waals surface area (Å²) >= 11 is 2.32. The van der Waals surface area contributed by atoms with Gasteiger partial charge in [-0.3, -0.25) is 0 Å². The molecule has 1 atom stereocenters. The zero-order valence-electron chi connectivity index (χ0n) is 12.1. The number of benzene rings is 2. The molecule has 2 heteroatoms. The van der Waals surface area contributed by atoms with Crippen LogP contribution in [0.15, 0.2) is 54.6 Å². The lowest BCUT2D eigenvalue weighted by Gasteiger charge is -2.35. The molecule has 21 heavy (non-hydrogen) atoms. The van der Waals surface area contributed by atoms with Crippen LogP contribution in [0.4, 0.5) is 0 Å². The highest BCUT2D eigenvalue weighted by Crippen LogP contribution is 2.44. The largest absolute Gasteiger partial charge is 0.392 e. The second-order valence-electron chi connectivity index (χ2n) is 6.08. The monoisotopic (exact) mass is 392 g/mol. The van der Waals surface area contributed by atoms with Gasteiger partial charge in [-0.2, -0.15) is 0 Å². The maximum atomic E-state index is 11.0. The Morgan fingerprint density at radius 2 is 1.57 bits per heavy atom. The van der Waals surface area contributed by atoms with Gasteiger partial charge < -0.3 is 5.11 Å². The molecule has 1 unspecified atom stereocenters. The van der Waals surface area contributed by atoms with E-state index in [1.54, 1.807) is 0 Å². The summed E-state index contributed by atoms with van der Waals surface area (Å²) in [7, 11) is 0. The Bertz CT molecular complexity index is 570. The zero-order chi connectivity index (χ0) is 14.7. The number of hydrogen-bond acceptors (Lipinski definition) is 1. The third kappa shape index (κ3) is 3.16. The second kappa shape index (κ2) is 6.49. The van der Waals surface area contributed by atoms with Gasteiger partial charge in [-0.15, -0.1) is 0 Å². The SMILES string of the molecule is OC(Cc1ccc(I)cc1)C1(c2ccccc2)CCCC1. The lowest BCUT2D eigenvalue weighted by Crippen LogP contribution is -2.38. The van der Waals surface area contributed by atoms with Gasteiger partial charge in [0.1, 0.15) is 0 Å². The highest BCUT2D eigenvalue weighted by Gasteiger charge is 2.41. The van der Waals surface area contributed by atoms with Crippen LogP contribution < -0.4 is 0 Å². The van der Waals surface area contributed by atoms with Crippen molar-refractivity contribution in [1.82, 2.24) is 0 Å². The molecule has 0 radical (unpaired) electrons. The van der Waals surface area contributed by atoms with Gasteiger partial charge in [-0.05, 0) is 65.1 Å². The Kier molecular flexibility index (Phi) is 4.65. The van der Waals surface area contributed by atoms with Gasteiger partial charge in [0.2, 0.25) is 0 Å². The van der Waals surface area contributed by atoms with Crippen LogP contribution in [0.2, 0.25) is 0 Å². The minimum atomic E-state index is -0.303. The predicted octanol–water partition coefficient (Wildman–Crippen LogP) is 4.71. The first-order valence-corrected chi connectivity index (χ1v) is 8.77. The number of rotatable bonds is 4. The molecule has 0 bridgehead atoms. The normalized spacial score (nSPS) is 18.6. The highest BCUT2D eigenvalue weighted by molar-refractivity contribution is 14.1. The van der Waals surface area contributed by atoms with Crippen molar-refractivity contribution in [3.8, 4) is 0 Å². The zero-order valence-corrected chi connectivity index (χ0v) is 14.3. The van der Waals surface area contributed by atoms with Crippen molar-refractivity contribution < 1.29 is 5.11 Å². The average Bonchev–Trinajstić information content (AvgIpc) is 3.01. The van der Waals surface area contributed by atoms with Crippen LogP contribution in [-0.2, 0) is 11.8 Å². The van der Waals surface area contributed by atoms with Crippen LogP contribution in [0.1, 0.15) is 36.8 Å². The fraction of sp³-hybridized carbons (Fsp3) is 0.368. The van der Waals surface area contributed by atoms with Crippen molar-refractivity contribution in [2.75, 3.05) is 0 Å². The first-order chi connectivity index (χ1) is 10.2. The van der Waals surface area contributed by atoms with E-state index in [1.165, 1.54) is 27.5 Å². The Hall–Kier alpha value is -0.870. The van der Waals surface area contributed by atoms with Gasteiger partial charge in [-0.25, -0.2) is 0 Å². The van der Waals surface area contributed by atoms with Gasteiger partial charge in [0.05, 0.1) is 6.10 Å². The van der Waals surface area contributed by atoms with Crippen LogP contribution >= 0.6 is 22.6 Å². The molecule has 0 spiro atoms. The lowest BCUT2D eigenvalue weighted by atomic mass is 9.72. The van der Waals surface area contributed by atoms with E-state index in [4.69, 9.17) is 0 Å². The summed E-state index contributed by atoms with van der Waals surface area (Å²) in [5, 5.41) is 11.0. The molecule has 0 aliphatic heterocycles. The van der Waals surface area contributed by atoms with Gasteiger partial charge in [-0.1, -0.05) is 55.3 Å². The van der Waals surface area contributed by atoms with Crippen LogP contribution in [-0.4, -0.2) is 11.2 Å². The van der Waals surface area contributed by atoms with Crippen molar-refractivity contribution in [3.05, 3.63) is 69.3 Å². The molecule has 1 N–H and O–H groups in total. The maximum absolute atomic E-state index is 11.0. The van der Waals surface area contributed by atoms with Gasteiger partial charge in [0.25, 0.3) is 0 Å². The summed E-state index contributed by atoms with van der Waals surface area (Å²) in [4.78, 5) is 0. The smallest absolute Gasteiger partial charge is 0.0677 e. The molecule has 3 rings (SSSR count). The molecule has 110 valence electrons. The summed E-state index contributed by atoms with van der Waals surface area (Å²) in [6, 6.07) is 19.1. The molecule has 1 fully saturated rings.